The van der Waals surface area contributed by atoms with E-state index in [2.05, 4.69) is 48.4 Å². The van der Waals surface area contributed by atoms with Crippen LogP contribution in [0.25, 0.3) is 0 Å². The minimum Gasteiger partial charge on any atom is -0.353 e. The molecule has 0 spiro atoms. The van der Waals surface area contributed by atoms with Crippen molar-refractivity contribution in [1.82, 2.24) is 20.4 Å². The number of fused-ring (bicyclic) bond motifs is 2. The van der Waals surface area contributed by atoms with E-state index in [1.807, 2.05) is 0 Å². The summed E-state index contributed by atoms with van der Waals surface area (Å²) >= 11 is 0. The number of hydrogen-bond donors (Lipinski definition) is 2. The van der Waals surface area contributed by atoms with Gasteiger partial charge < -0.3 is 20.4 Å². The third kappa shape index (κ3) is 2.96. The minimum atomic E-state index is 0.256. The predicted molar refractivity (Wildman–Crippen MR) is 84.0 cm³/mol. The highest BCUT2D eigenvalue weighted by Gasteiger charge is 2.44. The predicted octanol–water partition coefficient (Wildman–Crippen LogP) is -0.162. The Morgan fingerprint density at radius 1 is 0.952 bits per heavy atom. The van der Waals surface area contributed by atoms with Crippen molar-refractivity contribution in [1.29, 1.82) is 0 Å². The molecule has 4 fully saturated rings. The smallest absolute Gasteiger partial charge is 0.225 e. The lowest BCUT2D eigenvalue weighted by molar-refractivity contribution is -0.122. The lowest BCUT2D eigenvalue weighted by Gasteiger charge is -2.13. The molecule has 2 N–H and O–H groups in total. The second-order valence-electron chi connectivity index (χ2n) is 7.63. The largest absolute Gasteiger partial charge is 0.353 e. The van der Waals surface area contributed by atoms with Crippen molar-refractivity contribution in [3.63, 3.8) is 0 Å². The number of hydrogen-bond acceptors (Lipinski definition) is 4. The molecule has 4 saturated heterocycles. The molecule has 0 radical (unpaired) electrons. The minimum absolute atomic E-state index is 0.256. The molecule has 4 rings (SSSR count). The molecule has 21 heavy (non-hydrogen) atoms. The summed E-state index contributed by atoms with van der Waals surface area (Å²) in [4.78, 5) is 16.0. The fourth-order valence-electron chi connectivity index (χ4n) is 4.65. The van der Waals surface area contributed by atoms with Crippen LogP contribution in [0.5, 0.6) is 0 Å². The standard InChI is InChI=1S/C8H14N2O.C8H16N2/c1-5-6-3-10(2)4-7(6)8(11)9-5;1-6-8-5-10(2)4-7(8)3-9-6/h5-7H,3-4H2,1-2H3,(H,9,11);6-9H,3-5H2,1-2H3/t5-,6-,7-;6-,7-,8-/m00/s1. The molecule has 120 valence electrons. The van der Waals surface area contributed by atoms with Crippen LogP contribution in [-0.4, -0.2) is 74.6 Å². The van der Waals surface area contributed by atoms with Crippen LogP contribution in [0.3, 0.4) is 0 Å². The summed E-state index contributed by atoms with van der Waals surface area (Å²) in [6, 6.07) is 1.15. The number of nitrogens with zero attached hydrogens (tertiary/aromatic N) is 2. The van der Waals surface area contributed by atoms with Gasteiger partial charge in [-0.2, -0.15) is 0 Å². The average Bonchev–Trinajstić information content (AvgIpc) is 3.11. The van der Waals surface area contributed by atoms with Crippen LogP contribution in [0.4, 0.5) is 0 Å². The van der Waals surface area contributed by atoms with Gasteiger partial charge in [0.1, 0.15) is 0 Å². The van der Waals surface area contributed by atoms with Crippen molar-refractivity contribution in [2.75, 3.05) is 46.8 Å². The van der Waals surface area contributed by atoms with Crippen LogP contribution >= 0.6 is 0 Å². The van der Waals surface area contributed by atoms with Gasteiger partial charge >= 0.3 is 0 Å². The summed E-state index contributed by atoms with van der Waals surface area (Å²) in [5.74, 6) is 2.97. The second kappa shape index (κ2) is 5.86. The second-order valence-corrected chi connectivity index (χ2v) is 7.63. The molecule has 0 aromatic carbocycles. The van der Waals surface area contributed by atoms with Gasteiger partial charge in [-0.25, -0.2) is 0 Å². The van der Waals surface area contributed by atoms with Gasteiger partial charge in [0, 0.05) is 44.2 Å². The zero-order valence-electron chi connectivity index (χ0n) is 13.8. The quantitative estimate of drug-likeness (QED) is 0.652. The van der Waals surface area contributed by atoms with Gasteiger partial charge in [-0.1, -0.05) is 0 Å². The van der Waals surface area contributed by atoms with Gasteiger partial charge in [0.25, 0.3) is 0 Å². The van der Waals surface area contributed by atoms with Crippen molar-refractivity contribution in [2.24, 2.45) is 23.7 Å². The molecule has 4 aliphatic rings. The number of amides is 1. The van der Waals surface area contributed by atoms with Crippen molar-refractivity contribution >= 4 is 5.91 Å². The van der Waals surface area contributed by atoms with E-state index in [0.29, 0.717) is 12.0 Å². The first kappa shape index (κ1) is 15.3. The molecule has 0 saturated carbocycles. The maximum absolute atomic E-state index is 11.3. The van der Waals surface area contributed by atoms with E-state index in [9.17, 15) is 4.79 Å². The molecule has 0 bridgehead atoms. The SMILES string of the molecule is C[C@@H]1NC(=O)[C@H]2CN(C)C[C@@H]12.C[C@@H]1NC[C@H]2CN(C)C[C@H]21. The Morgan fingerprint density at radius 3 is 2.29 bits per heavy atom. The summed E-state index contributed by atoms with van der Waals surface area (Å²) in [5, 5.41) is 6.49. The summed E-state index contributed by atoms with van der Waals surface area (Å²) in [6.07, 6.45) is 0. The first-order valence-corrected chi connectivity index (χ1v) is 8.36. The Morgan fingerprint density at radius 2 is 1.62 bits per heavy atom. The van der Waals surface area contributed by atoms with Gasteiger partial charge in [0.2, 0.25) is 5.91 Å². The number of rotatable bonds is 0. The zero-order valence-corrected chi connectivity index (χ0v) is 13.8. The molecule has 5 heteroatoms. The topological polar surface area (TPSA) is 47.6 Å². The lowest BCUT2D eigenvalue weighted by atomic mass is 9.95. The molecular formula is C16H30N4O. The summed E-state index contributed by atoms with van der Waals surface area (Å²) in [5.41, 5.74) is 0. The molecule has 0 aromatic rings. The monoisotopic (exact) mass is 294 g/mol. The Labute approximate surface area is 128 Å². The van der Waals surface area contributed by atoms with Crippen LogP contribution in [0, 0.1) is 23.7 Å². The first-order valence-electron chi connectivity index (χ1n) is 8.36. The molecule has 4 heterocycles. The number of nitrogens with one attached hydrogen (secondary N) is 2. The normalized spacial score (nSPS) is 46.0. The Balaban J connectivity index is 0.000000126. The molecule has 0 aliphatic carbocycles. The number of carbonyl (C=O) groups excluding carboxylic acids is 1. The van der Waals surface area contributed by atoms with E-state index in [-0.39, 0.29) is 11.8 Å². The van der Waals surface area contributed by atoms with Crippen molar-refractivity contribution < 1.29 is 4.79 Å². The van der Waals surface area contributed by atoms with Crippen molar-refractivity contribution in [2.45, 2.75) is 25.9 Å². The average molecular weight is 294 g/mol. The van der Waals surface area contributed by atoms with E-state index in [1.165, 1.54) is 19.6 Å². The molecule has 0 unspecified atom stereocenters. The van der Waals surface area contributed by atoms with Crippen LogP contribution in [0.1, 0.15) is 13.8 Å². The lowest BCUT2D eigenvalue weighted by Crippen LogP contribution is -2.31. The number of likely N-dealkylation sites (tertiary alicyclic amines) is 2. The Hall–Kier alpha value is -0.650. The summed E-state index contributed by atoms with van der Waals surface area (Å²) in [6.45, 7) is 10.3. The van der Waals surface area contributed by atoms with E-state index in [1.54, 1.807) is 0 Å². The Kier molecular flexibility index (Phi) is 4.26. The highest BCUT2D eigenvalue weighted by atomic mass is 16.2. The molecule has 4 aliphatic heterocycles. The van der Waals surface area contributed by atoms with E-state index in [4.69, 9.17) is 0 Å². The Bertz CT molecular complexity index is 402. The highest BCUT2D eigenvalue weighted by Crippen LogP contribution is 2.30. The third-order valence-corrected chi connectivity index (χ3v) is 5.92. The fraction of sp³-hybridized carbons (Fsp3) is 0.938. The van der Waals surface area contributed by atoms with Crippen LogP contribution in [0.2, 0.25) is 0 Å². The molecule has 0 aromatic heterocycles. The number of carbonyl (C=O) groups is 1. The van der Waals surface area contributed by atoms with Gasteiger partial charge in [0.15, 0.2) is 0 Å². The van der Waals surface area contributed by atoms with Crippen molar-refractivity contribution in [3.8, 4) is 0 Å². The molecular weight excluding hydrogens is 264 g/mol. The van der Waals surface area contributed by atoms with Gasteiger partial charge in [0.05, 0.1) is 5.92 Å². The molecule has 1 amide bonds. The van der Waals surface area contributed by atoms with Gasteiger partial charge in [-0.05, 0) is 46.3 Å². The molecule has 6 atom stereocenters. The zero-order chi connectivity index (χ0) is 15.1. The third-order valence-electron chi connectivity index (χ3n) is 5.92. The maximum Gasteiger partial charge on any atom is 0.225 e. The van der Waals surface area contributed by atoms with E-state index >= 15 is 0 Å². The van der Waals surface area contributed by atoms with Crippen molar-refractivity contribution in [3.05, 3.63) is 0 Å². The maximum atomic E-state index is 11.3. The van der Waals surface area contributed by atoms with Crippen LogP contribution in [-0.2, 0) is 4.79 Å². The summed E-state index contributed by atoms with van der Waals surface area (Å²) in [7, 11) is 4.31. The highest BCUT2D eigenvalue weighted by molar-refractivity contribution is 5.82. The van der Waals surface area contributed by atoms with E-state index in [0.717, 1.165) is 31.0 Å². The van der Waals surface area contributed by atoms with Gasteiger partial charge in [-0.3, -0.25) is 4.79 Å². The summed E-state index contributed by atoms with van der Waals surface area (Å²) < 4.78 is 0. The van der Waals surface area contributed by atoms with Gasteiger partial charge in [-0.15, -0.1) is 0 Å². The molecule has 5 nitrogen and oxygen atoms in total. The van der Waals surface area contributed by atoms with E-state index < -0.39 is 0 Å². The van der Waals surface area contributed by atoms with Crippen LogP contribution < -0.4 is 10.6 Å². The first-order chi connectivity index (χ1) is 9.95. The fourth-order valence-corrected chi connectivity index (χ4v) is 4.65. The van der Waals surface area contributed by atoms with Crippen LogP contribution in [0.15, 0.2) is 0 Å².